The Morgan fingerprint density at radius 3 is 2.39 bits per heavy atom. The molecule has 1 heterocycles. The second-order valence-corrected chi connectivity index (χ2v) is 7.23. The Morgan fingerprint density at radius 1 is 1.11 bits per heavy atom. The molecule has 1 aliphatic rings. The Balaban J connectivity index is 1.63. The first-order valence-corrected chi connectivity index (χ1v) is 10.2. The molecule has 1 saturated heterocycles. The molecule has 0 radical (unpaired) electrons. The van der Waals surface area contributed by atoms with Crippen LogP contribution in [-0.4, -0.2) is 50.0 Å². The third kappa shape index (κ3) is 5.67. The number of nitrogens with one attached hydrogen (secondary N) is 2. The molecule has 0 aromatic heterocycles. The van der Waals surface area contributed by atoms with Gasteiger partial charge < -0.3 is 20.1 Å². The summed E-state index contributed by atoms with van der Waals surface area (Å²) in [5.74, 6) is 0.866. The molecular weight excluding hydrogens is 370 g/mol. The highest BCUT2D eigenvalue weighted by atomic mass is 32.1. The van der Waals surface area contributed by atoms with Gasteiger partial charge in [-0.1, -0.05) is 31.2 Å². The molecule has 0 bridgehead atoms. The second kappa shape index (κ2) is 10.4. The number of nitrogens with zero attached hydrogens (tertiary/aromatic N) is 1. The maximum absolute atomic E-state index is 5.53. The highest BCUT2D eigenvalue weighted by Crippen LogP contribution is 2.23. The van der Waals surface area contributed by atoms with Crippen LogP contribution in [0.4, 0.5) is 5.69 Å². The highest BCUT2D eigenvalue weighted by molar-refractivity contribution is 7.80. The number of thiocarbonyl (C=S) groups is 1. The molecule has 1 aliphatic heterocycles. The van der Waals surface area contributed by atoms with Crippen LogP contribution in [0.2, 0.25) is 0 Å². The molecule has 0 spiro atoms. The van der Waals surface area contributed by atoms with Gasteiger partial charge in [0.15, 0.2) is 5.11 Å². The van der Waals surface area contributed by atoms with E-state index in [2.05, 4.69) is 58.9 Å². The molecule has 0 unspecified atom stereocenters. The van der Waals surface area contributed by atoms with Gasteiger partial charge in [0.25, 0.3) is 0 Å². The first-order valence-electron chi connectivity index (χ1n) is 9.79. The summed E-state index contributed by atoms with van der Waals surface area (Å²) < 4.78 is 10.8. The van der Waals surface area contributed by atoms with Gasteiger partial charge in [-0.3, -0.25) is 4.90 Å². The summed E-state index contributed by atoms with van der Waals surface area (Å²) in [6.07, 6.45) is 1.03. The second-order valence-electron chi connectivity index (χ2n) is 6.82. The molecule has 2 aromatic carbocycles. The maximum Gasteiger partial charge on any atom is 0.170 e. The summed E-state index contributed by atoms with van der Waals surface area (Å²) in [6, 6.07) is 16.9. The molecular formula is C22H29N3O2S. The summed E-state index contributed by atoms with van der Waals surface area (Å²) in [5.41, 5.74) is 3.56. The molecule has 1 fully saturated rings. The van der Waals surface area contributed by atoms with Gasteiger partial charge in [0.05, 0.1) is 26.4 Å². The lowest BCUT2D eigenvalue weighted by molar-refractivity contribution is 0.0170. The quantitative estimate of drug-likeness (QED) is 0.694. The van der Waals surface area contributed by atoms with Gasteiger partial charge in [-0.05, 0) is 54.0 Å². The zero-order chi connectivity index (χ0) is 19.8. The van der Waals surface area contributed by atoms with Crippen molar-refractivity contribution in [3.8, 4) is 5.75 Å². The first-order chi connectivity index (χ1) is 13.7. The predicted molar refractivity (Wildman–Crippen MR) is 118 cm³/mol. The van der Waals surface area contributed by atoms with Gasteiger partial charge in [0.2, 0.25) is 0 Å². The van der Waals surface area contributed by atoms with Crippen LogP contribution in [-0.2, 0) is 11.2 Å². The fourth-order valence-corrected chi connectivity index (χ4v) is 3.56. The number of hydrogen-bond donors (Lipinski definition) is 2. The smallest absolute Gasteiger partial charge is 0.170 e. The summed E-state index contributed by atoms with van der Waals surface area (Å²) in [4.78, 5) is 2.44. The van der Waals surface area contributed by atoms with Crippen molar-refractivity contribution < 1.29 is 9.47 Å². The minimum Gasteiger partial charge on any atom is -0.497 e. The van der Waals surface area contributed by atoms with Gasteiger partial charge in [-0.25, -0.2) is 0 Å². The Bertz CT molecular complexity index is 743. The van der Waals surface area contributed by atoms with Gasteiger partial charge in [0, 0.05) is 25.3 Å². The van der Waals surface area contributed by atoms with E-state index in [1.54, 1.807) is 7.11 Å². The summed E-state index contributed by atoms with van der Waals surface area (Å²) in [6.45, 7) is 6.23. The van der Waals surface area contributed by atoms with Crippen LogP contribution in [0.15, 0.2) is 48.5 Å². The lowest BCUT2D eigenvalue weighted by Gasteiger charge is -2.35. The van der Waals surface area contributed by atoms with Crippen LogP contribution >= 0.6 is 12.2 Å². The Morgan fingerprint density at radius 2 is 1.79 bits per heavy atom. The summed E-state index contributed by atoms with van der Waals surface area (Å²) in [5, 5.41) is 7.30. The largest absolute Gasteiger partial charge is 0.497 e. The fraction of sp³-hybridized carbons (Fsp3) is 0.409. The zero-order valence-electron chi connectivity index (χ0n) is 16.6. The van der Waals surface area contributed by atoms with E-state index in [0.29, 0.717) is 5.11 Å². The topological polar surface area (TPSA) is 45.8 Å². The molecule has 0 aliphatic carbocycles. The van der Waals surface area contributed by atoms with E-state index in [9.17, 15) is 0 Å². The predicted octanol–water partition coefficient (Wildman–Crippen LogP) is 3.62. The van der Waals surface area contributed by atoms with Crippen LogP contribution in [0.1, 0.15) is 24.1 Å². The number of morpholine rings is 1. The first kappa shape index (κ1) is 20.6. The third-order valence-electron chi connectivity index (χ3n) is 5.06. The molecule has 0 saturated carbocycles. The van der Waals surface area contributed by atoms with Gasteiger partial charge >= 0.3 is 0 Å². The number of methoxy groups -OCH3 is 1. The lowest BCUT2D eigenvalue weighted by atomic mass is 10.0. The van der Waals surface area contributed by atoms with Crippen molar-refractivity contribution in [2.45, 2.75) is 19.4 Å². The molecule has 5 nitrogen and oxygen atoms in total. The summed E-state index contributed by atoms with van der Waals surface area (Å²) >= 11 is 5.52. The van der Waals surface area contributed by atoms with Gasteiger partial charge in [0.1, 0.15) is 5.75 Å². The van der Waals surface area contributed by atoms with Crippen molar-refractivity contribution in [3.05, 3.63) is 59.7 Å². The highest BCUT2D eigenvalue weighted by Gasteiger charge is 2.22. The molecule has 2 N–H and O–H groups in total. The van der Waals surface area contributed by atoms with E-state index in [-0.39, 0.29) is 6.04 Å². The average Bonchev–Trinajstić information content (AvgIpc) is 2.75. The molecule has 0 amide bonds. The zero-order valence-corrected chi connectivity index (χ0v) is 17.4. The molecule has 1 atom stereocenters. The van der Waals surface area contributed by atoms with E-state index >= 15 is 0 Å². The SMILES string of the molecule is CCc1ccc(NC(=S)NC[C@H](c2ccc(OC)cc2)N2CCOCC2)cc1. The van der Waals surface area contributed by atoms with Crippen molar-refractivity contribution >= 4 is 23.0 Å². The lowest BCUT2D eigenvalue weighted by Crippen LogP contribution is -2.44. The van der Waals surface area contributed by atoms with Crippen molar-refractivity contribution in [1.29, 1.82) is 0 Å². The van der Waals surface area contributed by atoms with Gasteiger partial charge in [-0.15, -0.1) is 0 Å². The number of hydrogen-bond acceptors (Lipinski definition) is 4. The number of aryl methyl sites for hydroxylation is 1. The van der Waals surface area contributed by atoms with Gasteiger partial charge in [-0.2, -0.15) is 0 Å². The Kier molecular flexibility index (Phi) is 7.65. The van der Waals surface area contributed by atoms with Crippen LogP contribution in [0.25, 0.3) is 0 Å². The maximum atomic E-state index is 5.53. The van der Waals surface area contributed by atoms with Crippen molar-refractivity contribution in [1.82, 2.24) is 10.2 Å². The molecule has 150 valence electrons. The number of ether oxygens (including phenoxy) is 2. The third-order valence-corrected chi connectivity index (χ3v) is 5.31. The number of anilines is 1. The van der Waals surface area contributed by atoms with Crippen molar-refractivity contribution in [2.24, 2.45) is 0 Å². The number of rotatable bonds is 7. The fourth-order valence-electron chi connectivity index (χ4n) is 3.36. The van der Waals surface area contributed by atoms with E-state index in [1.807, 2.05) is 12.1 Å². The standard InChI is InChI=1S/C22H29N3O2S/c1-3-17-4-8-19(9-5-17)24-22(28)23-16-21(25-12-14-27-15-13-25)18-6-10-20(26-2)11-7-18/h4-11,21H,3,12-16H2,1-2H3,(H2,23,24,28)/t21-/m1/s1. The Hall–Kier alpha value is -2.15. The number of benzene rings is 2. The minimum atomic E-state index is 0.219. The normalized spacial score (nSPS) is 15.6. The Labute approximate surface area is 173 Å². The van der Waals surface area contributed by atoms with Crippen LogP contribution < -0.4 is 15.4 Å². The van der Waals surface area contributed by atoms with Crippen LogP contribution in [0, 0.1) is 0 Å². The van der Waals surface area contributed by atoms with Crippen molar-refractivity contribution in [2.75, 3.05) is 45.3 Å². The monoisotopic (exact) mass is 399 g/mol. The van der Waals surface area contributed by atoms with Crippen molar-refractivity contribution in [3.63, 3.8) is 0 Å². The molecule has 6 heteroatoms. The van der Waals surface area contributed by atoms with E-state index in [0.717, 1.165) is 50.7 Å². The van der Waals surface area contributed by atoms with Crippen LogP contribution in [0.3, 0.4) is 0 Å². The van der Waals surface area contributed by atoms with E-state index in [1.165, 1.54) is 11.1 Å². The minimum absolute atomic E-state index is 0.219. The molecule has 2 aromatic rings. The van der Waals surface area contributed by atoms with E-state index < -0.39 is 0 Å². The van der Waals surface area contributed by atoms with E-state index in [4.69, 9.17) is 21.7 Å². The molecule has 28 heavy (non-hydrogen) atoms. The average molecular weight is 400 g/mol. The summed E-state index contributed by atoms with van der Waals surface area (Å²) in [7, 11) is 1.69. The van der Waals surface area contributed by atoms with Crippen LogP contribution in [0.5, 0.6) is 5.75 Å². The molecule has 3 rings (SSSR count).